The molecule has 1 aliphatic carbocycles. The monoisotopic (exact) mass is 171 g/mol. The molecule has 0 aromatic rings. The van der Waals surface area contributed by atoms with Gasteiger partial charge < -0.3 is 10.4 Å². The third-order valence-corrected chi connectivity index (χ3v) is 2.91. The van der Waals surface area contributed by atoms with Gasteiger partial charge in [0.25, 0.3) is 0 Å². The number of hydrogen-bond donors (Lipinski definition) is 2. The number of aliphatic hydroxyl groups excluding tert-OH is 1. The molecule has 0 bridgehead atoms. The summed E-state index contributed by atoms with van der Waals surface area (Å²) in [6, 6.07) is 0.652. The van der Waals surface area contributed by atoms with E-state index in [1.165, 1.54) is 25.7 Å². The largest absolute Gasteiger partial charge is 0.396 e. The van der Waals surface area contributed by atoms with Crippen LogP contribution in [0.15, 0.2) is 0 Å². The third kappa shape index (κ3) is 3.11. The first-order valence-electron chi connectivity index (χ1n) is 5.19. The van der Waals surface area contributed by atoms with Gasteiger partial charge in [-0.25, -0.2) is 0 Å². The Morgan fingerprint density at radius 1 is 1.42 bits per heavy atom. The molecule has 1 fully saturated rings. The second-order valence-electron chi connectivity index (χ2n) is 3.86. The topological polar surface area (TPSA) is 32.3 Å². The van der Waals surface area contributed by atoms with Crippen LogP contribution in [0.2, 0.25) is 0 Å². The molecule has 0 heterocycles. The highest BCUT2D eigenvalue weighted by Crippen LogP contribution is 2.27. The van der Waals surface area contributed by atoms with Crippen LogP contribution in [-0.4, -0.2) is 24.3 Å². The van der Waals surface area contributed by atoms with Crippen molar-refractivity contribution in [2.75, 3.05) is 13.2 Å². The fourth-order valence-electron chi connectivity index (χ4n) is 2.03. The van der Waals surface area contributed by atoms with E-state index in [-0.39, 0.29) is 0 Å². The van der Waals surface area contributed by atoms with Crippen LogP contribution in [0.1, 0.15) is 39.0 Å². The molecular formula is C10H21NO. The molecule has 12 heavy (non-hydrogen) atoms. The summed E-state index contributed by atoms with van der Waals surface area (Å²) in [5.74, 6) is 0.892. The second kappa shape index (κ2) is 5.55. The van der Waals surface area contributed by atoms with Crippen molar-refractivity contribution in [3.63, 3.8) is 0 Å². The quantitative estimate of drug-likeness (QED) is 0.615. The van der Waals surface area contributed by atoms with Gasteiger partial charge in [-0.2, -0.15) is 0 Å². The molecule has 1 aliphatic rings. The smallest absolute Gasteiger partial charge is 0.0443 e. The summed E-state index contributed by atoms with van der Waals surface area (Å²) in [5.41, 5.74) is 0. The van der Waals surface area contributed by atoms with E-state index < -0.39 is 0 Å². The van der Waals surface area contributed by atoms with E-state index in [0.29, 0.717) is 12.6 Å². The van der Waals surface area contributed by atoms with Gasteiger partial charge in [0.2, 0.25) is 0 Å². The van der Waals surface area contributed by atoms with E-state index in [9.17, 15) is 0 Å². The first-order valence-corrected chi connectivity index (χ1v) is 5.19. The van der Waals surface area contributed by atoms with E-state index in [4.69, 9.17) is 5.11 Å². The van der Waals surface area contributed by atoms with Gasteiger partial charge in [0, 0.05) is 12.6 Å². The summed E-state index contributed by atoms with van der Waals surface area (Å²) in [7, 11) is 0. The molecule has 1 saturated carbocycles. The highest BCUT2D eigenvalue weighted by molar-refractivity contribution is 4.76. The molecule has 0 unspecified atom stereocenters. The Morgan fingerprint density at radius 2 is 2.08 bits per heavy atom. The van der Waals surface area contributed by atoms with Crippen LogP contribution in [0.25, 0.3) is 0 Å². The Morgan fingerprint density at radius 3 is 2.67 bits per heavy atom. The molecule has 2 nitrogen and oxygen atoms in total. The lowest BCUT2D eigenvalue weighted by molar-refractivity contribution is 0.278. The third-order valence-electron chi connectivity index (χ3n) is 2.91. The number of hydrogen-bond acceptors (Lipinski definition) is 2. The zero-order valence-corrected chi connectivity index (χ0v) is 8.05. The van der Waals surface area contributed by atoms with Crippen LogP contribution in [0, 0.1) is 5.92 Å². The predicted octanol–water partition coefficient (Wildman–Crippen LogP) is 1.54. The molecule has 2 N–H and O–H groups in total. The normalized spacial score (nSPS) is 21.5. The lowest BCUT2D eigenvalue weighted by atomic mass is 10.00. The molecule has 0 amide bonds. The van der Waals surface area contributed by atoms with Gasteiger partial charge in [0.05, 0.1) is 0 Å². The number of aliphatic hydroxyl groups is 1. The molecule has 72 valence electrons. The van der Waals surface area contributed by atoms with Gasteiger partial charge >= 0.3 is 0 Å². The maximum absolute atomic E-state index is 8.60. The second-order valence-corrected chi connectivity index (χ2v) is 3.86. The van der Waals surface area contributed by atoms with Gasteiger partial charge in [0.1, 0.15) is 0 Å². The van der Waals surface area contributed by atoms with Gasteiger partial charge in [-0.1, -0.05) is 12.8 Å². The molecule has 0 radical (unpaired) electrons. The van der Waals surface area contributed by atoms with Crippen molar-refractivity contribution >= 4 is 0 Å². The van der Waals surface area contributed by atoms with Crippen molar-refractivity contribution in [3.8, 4) is 0 Å². The molecule has 1 atom stereocenters. The van der Waals surface area contributed by atoms with Crippen molar-refractivity contribution in [1.82, 2.24) is 5.32 Å². The van der Waals surface area contributed by atoms with E-state index in [0.717, 1.165) is 18.9 Å². The summed E-state index contributed by atoms with van der Waals surface area (Å²) >= 11 is 0. The van der Waals surface area contributed by atoms with Crippen LogP contribution in [0.3, 0.4) is 0 Å². The minimum Gasteiger partial charge on any atom is -0.396 e. The summed E-state index contributed by atoms with van der Waals surface area (Å²) in [6.07, 6.45) is 6.50. The molecule has 0 saturated heterocycles. The molecular weight excluding hydrogens is 150 g/mol. The van der Waals surface area contributed by atoms with Crippen molar-refractivity contribution in [2.45, 2.75) is 45.1 Å². The Labute approximate surface area is 75.4 Å². The first-order chi connectivity index (χ1) is 5.84. The van der Waals surface area contributed by atoms with E-state index in [1.807, 2.05) is 0 Å². The van der Waals surface area contributed by atoms with Crippen LogP contribution in [0.5, 0.6) is 0 Å². The molecule has 1 rings (SSSR count). The van der Waals surface area contributed by atoms with Gasteiger partial charge in [0.15, 0.2) is 0 Å². The maximum Gasteiger partial charge on any atom is 0.0443 e. The lowest BCUT2D eigenvalue weighted by Gasteiger charge is -2.19. The fourth-order valence-corrected chi connectivity index (χ4v) is 2.03. The molecule has 0 aromatic carbocycles. The molecule has 0 spiro atoms. The van der Waals surface area contributed by atoms with Gasteiger partial charge in [-0.05, 0) is 38.6 Å². The highest BCUT2D eigenvalue weighted by Gasteiger charge is 2.20. The summed E-state index contributed by atoms with van der Waals surface area (Å²) in [4.78, 5) is 0. The fraction of sp³-hybridized carbons (Fsp3) is 1.00. The van der Waals surface area contributed by atoms with E-state index in [1.54, 1.807) is 0 Å². The average molecular weight is 171 g/mol. The van der Waals surface area contributed by atoms with Crippen LogP contribution < -0.4 is 5.32 Å². The van der Waals surface area contributed by atoms with Crippen molar-refractivity contribution < 1.29 is 5.11 Å². The zero-order chi connectivity index (χ0) is 8.81. The van der Waals surface area contributed by atoms with Gasteiger partial charge in [-0.3, -0.25) is 0 Å². The Kier molecular flexibility index (Phi) is 4.62. The van der Waals surface area contributed by atoms with E-state index >= 15 is 0 Å². The van der Waals surface area contributed by atoms with Crippen molar-refractivity contribution in [2.24, 2.45) is 5.92 Å². The Balaban J connectivity index is 2.05. The summed E-state index contributed by atoms with van der Waals surface area (Å²) in [5, 5.41) is 12.1. The Hall–Kier alpha value is -0.0800. The zero-order valence-electron chi connectivity index (χ0n) is 8.05. The minimum absolute atomic E-state index is 0.310. The van der Waals surface area contributed by atoms with Gasteiger partial charge in [-0.15, -0.1) is 0 Å². The van der Waals surface area contributed by atoms with Crippen molar-refractivity contribution in [1.29, 1.82) is 0 Å². The van der Waals surface area contributed by atoms with Crippen LogP contribution >= 0.6 is 0 Å². The molecule has 2 heteroatoms. The summed E-state index contributed by atoms with van der Waals surface area (Å²) in [6.45, 7) is 3.55. The SMILES string of the molecule is C[C@@H](NCCCO)C1CCCC1. The average Bonchev–Trinajstić information content (AvgIpc) is 2.56. The highest BCUT2D eigenvalue weighted by atomic mass is 16.3. The van der Waals surface area contributed by atoms with E-state index in [2.05, 4.69) is 12.2 Å². The molecule has 0 aliphatic heterocycles. The lowest BCUT2D eigenvalue weighted by Crippen LogP contribution is -2.33. The molecule has 0 aromatic heterocycles. The first kappa shape index (κ1) is 10.0. The minimum atomic E-state index is 0.310. The number of nitrogens with one attached hydrogen (secondary N) is 1. The maximum atomic E-state index is 8.60. The Bertz CT molecular complexity index is 110. The summed E-state index contributed by atoms with van der Waals surface area (Å²) < 4.78 is 0. The predicted molar refractivity (Wildman–Crippen MR) is 51.1 cm³/mol. The van der Waals surface area contributed by atoms with Crippen LogP contribution in [0.4, 0.5) is 0 Å². The standard InChI is InChI=1S/C10H21NO/c1-9(11-7-4-8-12)10-5-2-3-6-10/h9-12H,2-8H2,1H3/t9-/m1/s1. The van der Waals surface area contributed by atoms with Crippen LogP contribution in [-0.2, 0) is 0 Å². The number of rotatable bonds is 5. The van der Waals surface area contributed by atoms with Crippen molar-refractivity contribution in [3.05, 3.63) is 0 Å².